The first-order valence-corrected chi connectivity index (χ1v) is 8.01. The molecule has 0 radical (unpaired) electrons. The predicted octanol–water partition coefficient (Wildman–Crippen LogP) is 0.0172. The molecule has 0 aliphatic carbocycles. The molecule has 7 nitrogen and oxygen atoms in total. The normalized spacial score (nSPS) is 23.7. The number of amides is 3. The van der Waals surface area contributed by atoms with Crippen molar-refractivity contribution in [1.29, 1.82) is 0 Å². The Morgan fingerprint density at radius 1 is 1.32 bits per heavy atom. The lowest BCUT2D eigenvalue weighted by molar-refractivity contribution is -0.131. The number of urea groups is 1. The third-order valence-corrected chi connectivity index (χ3v) is 4.09. The van der Waals surface area contributed by atoms with Crippen LogP contribution in [0.5, 0.6) is 0 Å². The van der Waals surface area contributed by atoms with Gasteiger partial charge in [0.1, 0.15) is 0 Å². The van der Waals surface area contributed by atoms with Gasteiger partial charge in [-0.25, -0.2) is 4.79 Å². The van der Waals surface area contributed by atoms with E-state index >= 15 is 0 Å². The summed E-state index contributed by atoms with van der Waals surface area (Å²) in [6.07, 6.45) is 0.383. The average Bonchev–Trinajstić information content (AvgIpc) is 2.80. The highest BCUT2D eigenvalue weighted by Crippen LogP contribution is 2.21. The summed E-state index contributed by atoms with van der Waals surface area (Å²) in [5.74, 6) is 0.103. The van der Waals surface area contributed by atoms with Crippen molar-refractivity contribution in [2.24, 2.45) is 0 Å². The van der Waals surface area contributed by atoms with Gasteiger partial charge in [0.15, 0.2) is 0 Å². The molecule has 0 saturated carbocycles. The molecule has 2 aliphatic heterocycles. The van der Waals surface area contributed by atoms with Gasteiger partial charge in [-0.2, -0.15) is 0 Å². The maximum Gasteiger partial charge on any atom is 0.315 e. The fraction of sp³-hybridized carbons (Fsp3) is 0.867. The van der Waals surface area contributed by atoms with Gasteiger partial charge >= 0.3 is 6.03 Å². The molecule has 0 aromatic rings. The molecular formula is C15H28N4O3. The third-order valence-electron chi connectivity index (χ3n) is 4.09. The number of carbonyl (C=O) groups excluding carboxylic acids is 2. The highest BCUT2D eigenvalue weighted by atomic mass is 16.5. The first-order valence-electron chi connectivity index (χ1n) is 8.01. The van der Waals surface area contributed by atoms with Crippen molar-refractivity contribution in [1.82, 2.24) is 20.4 Å². The molecule has 1 unspecified atom stereocenters. The zero-order valence-corrected chi connectivity index (χ0v) is 13.9. The zero-order chi connectivity index (χ0) is 16.2. The molecule has 126 valence electrons. The Morgan fingerprint density at radius 2 is 2.00 bits per heavy atom. The summed E-state index contributed by atoms with van der Waals surface area (Å²) in [7, 11) is 0. The standard InChI is InChI=1S/C15H28N4O3/c1-15(2,3)19-11-12(10-13(19)20)17-14(21)16-4-5-18-6-8-22-9-7-18/h12H,4-11H2,1-3H3,(H2,16,17,21). The fourth-order valence-electron chi connectivity index (χ4n) is 2.84. The fourth-order valence-corrected chi connectivity index (χ4v) is 2.84. The van der Waals surface area contributed by atoms with Crippen molar-refractivity contribution in [3.63, 3.8) is 0 Å². The van der Waals surface area contributed by atoms with Gasteiger partial charge in [0.2, 0.25) is 5.91 Å². The monoisotopic (exact) mass is 312 g/mol. The van der Waals surface area contributed by atoms with Crippen molar-refractivity contribution < 1.29 is 14.3 Å². The summed E-state index contributed by atoms with van der Waals surface area (Å²) in [4.78, 5) is 28.0. The number of hydrogen-bond donors (Lipinski definition) is 2. The van der Waals surface area contributed by atoms with E-state index in [0.29, 0.717) is 19.5 Å². The summed E-state index contributed by atoms with van der Waals surface area (Å²) in [5.41, 5.74) is -0.194. The van der Waals surface area contributed by atoms with E-state index < -0.39 is 0 Å². The van der Waals surface area contributed by atoms with Crippen LogP contribution in [-0.4, -0.2) is 79.3 Å². The highest BCUT2D eigenvalue weighted by molar-refractivity contribution is 5.82. The summed E-state index contributed by atoms with van der Waals surface area (Å²) in [6, 6.07) is -0.295. The molecule has 7 heteroatoms. The lowest BCUT2D eigenvalue weighted by atomic mass is 10.1. The highest BCUT2D eigenvalue weighted by Gasteiger charge is 2.36. The maximum absolute atomic E-state index is 12.0. The van der Waals surface area contributed by atoms with E-state index in [1.165, 1.54) is 0 Å². The molecule has 0 spiro atoms. The van der Waals surface area contributed by atoms with Crippen molar-refractivity contribution >= 4 is 11.9 Å². The lowest BCUT2D eigenvalue weighted by Gasteiger charge is -2.32. The Kier molecular flexibility index (Phi) is 5.63. The second kappa shape index (κ2) is 7.28. The first-order chi connectivity index (χ1) is 10.4. The quantitative estimate of drug-likeness (QED) is 0.767. The summed E-state index contributed by atoms with van der Waals surface area (Å²) >= 11 is 0. The van der Waals surface area contributed by atoms with Crippen LogP contribution < -0.4 is 10.6 Å². The van der Waals surface area contributed by atoms with Gasteiger partial charge in [-0.05, 0) is 20.8 Å². The minimum Gasteiger partial charge on any atom is -0.379 e. The molecule has 0 bridgehead atoms. The molecule has 22 heavy (non-hydrogen) atoms. The smallest absolute Gasteiger partial charge is 0.315 e. The van der Waals surface area contributed by atoms with Crippen molar-refractivity contribution in [2.45, 2.75) is 38.8 Å². The van der Waals surface area contributed by atoms with Crippen LogP contribution in [0.3, 0.4) is 0 Å². The van der Waals surface area contributed by atoms with Gasteiger partial charge in [0.05, 0.1) is 19.3 Å². The maximum atomic E-state index is 12.0. The Bertz CT molecular complexity index is 402. The zero-order valence-electron chi connectivity index (χ0n) is 13.9. The third kappa shape index (κ3) is 4.84. The number of likely N-dealkylation sites (tertiary alicyclic amines) is 1. The van der Waals surface area contributed by atoms with Crippen LogP contribution >= 0.6 is 0 Å². The Hall–Kier alpha value is -1.34. The summed E-state index contributed by atoms with van der Waals surface area (Å²) < 4.78 is 5.29. The predicted molar refractivity (Wildman–Crippen MR) is 83.7 cm³/mol. The number of morpholine rings is 1. The molecular weight excluding hydrogens is 284 g/mol. The van der Waals surface area contributed by atoms with E-state index in [4.69, 9.17) is 4.74 Å². The van der Waals surface area contributed by atoms with Crippen LogP contribution in [-0.2, 0) is 9.53 Å². The molecule has 2 aliphatic rings. The Morgan fingerprint density at radius 3 is 2.59 bits per heavy atom. The van der Waals surface area contributed by atoms with Crippen molar-refractivity contribution in [2.75, 3.05) is 45.9 Å². The van der Waals surface area contributed by atoms with E-state index in [2.05, 4.69) is 15.5 Å². The van der Waals surface area contributed by atoms with Gasteiger partial charge in [-0.15, -0.1) is 0 Å². The number of hydrogen-bond acceptors (Lipinski definition) is 4. The van der Waals surface area contributed by atoms with Crippen LogP contribution in [0.4, 0.5) is 4.79 Å². The molecule has 3 amide bonds. The molecule has 2 N–H and O–H groups in total. The van der Waals surface area contributed by atoms with Crippen molar-refractivity contribution in [3.8, 4) is 0 Å². The first kappa shape index (κ1) is 17.0. The van der Waals surface area contributed by atoms with Crippen LogP contribution in [0.15, 0.2) is 0 Å². The van der Waals surface area contributed by atoms with Gasteiger partial charge < -0.3 is 20.3 Å². The lowest BCUT2D eigenvalue weighted by Crippen LogP contribution is -2.48. The van der Waals surface area contributed by atoms with Gasteiger partial charge in [0, 0.05) is 44.7 Å². The van der Waals surface area contributed by atoms with E-state index in [1.807, 2.05) is 25.7 Å². The Balaban J connectivity index is 1.66. The number of nitrogens with one attached hydrogen (secondary N) is 2. The molecule has 0 aromatic carbocycles. The van der Waals surface area contributed by atoms with Gasteiger partial charge in [-0.1, -0.05) is 0 Å². The van der Waals surface area contributed by atoms with Crippen LogP contribution in [0.1, 0.15) is 27.2 Å². The average molecular weight is 312 g/mol. The largest absolute Gasteiger partial charge is 0.379 e. The molecule has 1 atom stereocenters. The topological polar surface area (TPSA) is 73.9 Å². The summed E-state index contributed by atoms with van der Waals surface area (Å²) in [5, 5.41) is 5.76. The van der Waals surface area contributed by atoms with E-state index in [0.717, 1.165) is 32.8 Å². The molecule has 2 fully saturated rings. The molecule has 2 saturated heterocycles. The summed E-state index contributed by atoms with van der Waals surface area (Å²) in [6.45, 7) is 11.4. The Labute approximate surface area is 132 Å². The molecule has 2 rings (SSSR count). The SMILES string of the molecule is CC(C)(C)N1CC(NC(=O)NCCN2CCOCC2)CC1=O. The molecule has 2 heterocycles. The van der Waals surface area contributed by atoms with Gasteiger partial charge in [-0.3, -0.25) is 9.69 Å². The van der Waals surface area contributed by atoms with E-state index in [1.54, 1.807) is 0 Å². The number of nitrogens with zero attached hydrogens (tertiary/aromatic N) is 2. The number of carbonyl (C=O) groups is 2. The minimum atomic E-state index is -0.194. The number of rotatable bonds is 4. The minimum absolute atomic E-state index is 0.102. The second-order valence-electron chi connectivity index (χ2n) is 6.93. The van der Waals surface area contributed by atoms with Crippen LogP contribution in [0.2, 0.25) is 0 Å². The van der Waals surface area contributed by atoms with Crippen molar-refractivity contribution in [3.05, 3.63) is 0 Å². The molecule has 0 aromatic heterocycles. The number of ether oxygens (including phenoxy) is 1. The van der Waals surface area contributed by atoms with Crippen LogP contribution in [0, 0.1) is 0 Å². The van der Waals surface area contributed by atoms with Crippen LogP contribution in [0.25, 0.3) is 0 Å². The van der Waals surface area contributed by atoms with Gasteiger partial charge in [0.25, 0.3) is 0 Å². The van der Waals surface area contributed by atoms with E-state index in [9.17, 15) is 9.59 Å². The second-order valence-corrected chi connectivity index (χ2v) is 6.93. The van der Waals surface area contributed by atoms with E-state index in [-0.39, 0.29) is 23.5 Å².